The number of aliphatic hydroxyl groups is 1. The summed E-state index contributed by atoms with van der Waals surface area (Å²) in [5.41, 5.74) is 1.07. The number of carbonyl (C=O) groups excluding carboxylic acids is 1. The molecule has 162 valence electrons. The van der Waals surface area contributed by atoms with Gasteiger partial charge >= 0.3 is 0 Å². The smallest absolute Gasteiger partial charge is 0.262 e. The second-order valence-electron chi connectivity index (χ2n) is 7.51. The summed E-state index contributed by atoms with van der Waals surface area (Å²) in [4.78, 5) is 27.1. The molecule has 1 unspecified atom stereocenters. The van der Waals surface area contributed by atoms with Crippen molar-refractivity contribution in [2.45, 2.75) is 18.9 Å². The van der Waals surface area contributed by atoms with E-state index in [1.165, 1.54) is 4.90 Å². The van der Waals surface area contributed by atoms with Crippen LogP contribution in [0.15, 0.2) is 51.8 Å². The SMILES string of the molecule is Cc1oncc1Nc1nccc(-c2cccc(-c3cc(C4(O)CCN(C)C4=O)on3)n2)n1. The van der Waals surface area contributed by atoms with Gasteiger partial charge in [0.1, 0.15) is 11.4 Å². The summed E-state index contributed by atoms with van der Waals surface area (Å²) in [5, 5.41) is 21.6. The molecule has 0 radical (unpaired) electrons. The van der Waals surface area contributed by atoms with Crippen molar-refractivity contribution in [1.29, 1.82) is 0 Å². The highest BCUT2D eigenvalue weighted by molar-refractivity contribution is 5.87. The number of carbonyl (C=O) groups is 1. The van der Waals surface area contributed by atoms with Gasteiger partial charge in [0, 0.05) is 32.3 Å². The van der Waals surface area contributed by atoms with Crippen LogP contribution < -0.4 is 5.32 Å². The fourth-order valence-electron chi connectivity index (χ4n) is 3.49. The Morgan fingerprint density at radius 2 is 1.91 bits per heavy atom. The summed E-state index contributed by atoms with van der Waals surface area (Å²) in [6.45, 7) is 2.22. The van der Waals surface area contributed by atoms with Gasteiger partial charge < -0.3 is 24.4 Å². The minimum atomic E-state index is -1.70. The van der Waals surface area contributed by atoms with Crippen LogP contribution in [0.5, 0.6) is 0 Å². The Bertz CT molecular complexity index is 1300. The zero-order valence-corrected chi connectivity index (χ0v) is 17.3. The maximum absolute atomic E-state index is 12.3. The van der Waals surface area contributed by atoms with Gasteiger partial charge in [-0.3, -0.25) is 4.79 Å². The lowest BCUT2D eigenvalue weighted by molar-refractivity contribution is -0.144. The molecule has 0 bridgehead atoms. The van der Waals surface area contributed by atoms with Gasteiger partial charge in [-0.05, 0) is 25.1 Å². The molecule has 0 aliphatic carbocycles. The fraction of sp³-hybridized carbons (Fsp3) is 0.238. The van der Waals surface area contributed by atoms with Gasteiger partial charge in [-0.25, -0.2) is 15.0 Å². The highest BCUT2D eigenvalue weighted by Gasteiger charge is 2.48. The zero-order chi connectivity index (χ0) is 22.3. The maximum atomic E-state index is 12.3. The molecule has 5 rings (SSSR count). The fourth-order valence-corrected chi connectivity index (χ4v) is 3.49. The molecule has 0 aromatic carbocycles. The summed E-state index contributed by atoms with van der Waals surface area (Å²) in [5.74, 6) is 0.683. The Kier molecular flexibility index (Phi) is 4.67. The molecule has 4 aromatic rings. The number of likely N-dealkylation sites (tertiary alicyclic amines) is 1. The third-order valence-corrected chi connectivity index (χ3v) is 5.35. The Labute approximate surface area is 182 Å². The second-order valence-corrected chi connectivity index (χ2v) is 7.51. The van der Waals surface area contributed by atoms with Crippen LogP contribution in [-0.2, 0) is 10.4 Å². The number of anilines is 2. The molecule has 1 amide bonds. The number of nitrogens with zero attached hydrogens (tertiary/aromatic N) is 6. The minimum absolute atomic E-state index is 0.103. The highest BCUT2D eigenvalue weighted by atomic mass is 16.5. The van der Waals surface area contributed by atoms with E-state index in [2.05, 4.69) is 30.6 Å². The second kappa shape index (κ2) is 7.54. The molecular formula is C21H19N7O4. The summed E-state index contributed by atoms with van der Waals surface area (Å²) < 4.78 is 10.4. The Morgan fingerprint density at radius 3 is 2.62 bits per heavy atom. The Hall–Kier alpha value is -4.12. The van der Waals surface area contributed by atoms with Crippen molar-refractivity contribution in [3.63, 3.8) is 0 Å². The van der Waals surface area contributed by atoms with Gasteiger partial charge in [-0.2, -0.15) is 0 Å². The Balaban J connectivity index is 1.43. The van der Waals surface area contributed by atoms with Crippen molar-refractivity contribution in [2.24, 2.45) is 0 Å². The predicted octanol–water partition coefficient (Wildman–Crippen LogP) is 2.28. The van der Waals surface area contributed by atoms with Gasteiger partial charge in [0.25, 0.3) is 5.91 Å². The number of nitrogens with one attached hydrogen (secondary N) is 1. The molecule has 5 heterocycles. The standard InChI is InChI=1S/C21H19N7O4/c1-12-17(11-23-31-12)26-20-22-8-6-15(25-20)13-4-3-5-14(24-13)16-10-18(32-27-16)21(30)7-9-28(2)19(21)29/h3-6,8,10-11,30H,7,9H2,1-2H3,(H,22,25,26). The quantitative estimate of drug-likeness (QED) is 0.481. The molecule has 1 atom stereocenters. The van der Waals surface area contributed by atoms with E-state index in [9.17, 15) is 9.90 Å². The molecule has 1 aliphatic heterocycles. The third kappa shape index (κ3) is 3.38. The molecule has 0 saturated carbocycles. The highest BCUT2D eigenvalue weighted by Crippen LogP contribution is 2.34. The van der Waals surface area contributed by atoms with Gasteiger partial charge in [-0.15, -0.1) is 0 Å². The van der Waals surface area contributed by atoms with E-state index < -0.39 is 11.5 Å². The van der Waals surface area contributed by atoms with Crippen LogP contribution in [0.2, 0.25) is 0 Å². The summed E-state index contributed by atoms with van der Waals surface area (Å²) in [7, 11) is 1.64. The molecule has 1 saturated heterocycles. The molecule has 11 heteroatoms. The number of amides is 1. The zero-order valence-electron chi connectivity index (χ0n) is 17.3. The van der Waals surface area contributed by atoms with Crippen LogP contribution in [-0.4, -0.2) is 54.8 Å². The van der Waals surface area contributed by atoms with Crippen molar-refractivity contribution < 1.29 is 18.9 Å². The van der Waals surface area contributed by atoms with Crippen molar-refractivity contribution in [2.75, 3.05) is 18.9 Å². The average Bonchev–Trinajstić information content (AvgIpc) is 3.52. The van der Waals surface area contributed by atoms with Crippen molar-refractivity contribution in [3.05, 3.63) is 54.2 Å². The maximum Gasteiger partial charge on any atom is 0.262 e. The van der Waals surface area contributed by atoms with Gasteiger partial charge in [0.05, 0.1) is 23.3 Å². The first-order valence-electron chi connectivity index (χ1n) is 9.88. The van der Waals surface area contributed by atoms with Crippen molar-refractivity contribution in [3.8, 4) is 22.8 Å². The van der Waals surface area contributed by atoms with Crippen molar-refractivity contribution in [1.82, 2.24) is 30.2 Å². The first-order valence-corrected chi connectivity index (χ1v) is 9.88. The van der Waals surface area contributed by atoms with Gasteiger partial charge in [0.2, 0.25) is 11.5 Å². The first-order chi connectivity index (χ1) is 15.4. The molecular weight excluding hydrogens is 414 g/mol. The van der Waals surface area contributed by atoms with Gasteiger partial charge in [-0.1, -0.05) is 16.4 Å². The van der Waals surface area contributed by atoms with Crippen LogP contribution in [0.25, 0.3) is 22.8 Å². The number of rotatable bonds is 5. The molecule has 2 N–H and O–H groups in total. The van der Waals surface area contributed by atoms with E-state index in [1.807, 2.05) is 12.1 Å². The molecule has 0 spiro atoms. The average molecular weight is 433 g/mol. The first kappa shape index (κ1) is 19.8. The number of aryl methyl sites for hydroxylation is 1. The number of hydrogen-bond donors (Lipinski definition) is 2. The monoisotopic (exact) mass is 433 g/mol. The lowest BCUT2D eigenvalue weighted by Gasteiger charge is -2.16. The van der Waals surface area contributed by atoms with E-state index in [0.29, 0.717) is 46.7 Å². The van der Waals surface area contributed by atoms with Crippen LogP contribution in [0.3, 0.4) is 0 Å². The minimum Gasteiger partial charge on any atom is -0.373 e. The van der Waals surface area contributed by atoms with E-state index in [4.69, 9.17) is 9.05 Å². The lowest BCUT2D eigenvalue weighted by Crippen LogP contribution is -2.35. The van der Waals surface area contributed by atoms with Crippen LogP contribution in [0.4, 0.5) is 11.6 Å². The van der Waals surface area contributed by atoms with E-state index in [1.54, 1.807) is 44.6 Å². The summed E-state index contributed by atoms with van der Waals surface area (Å²) >= 11 is 0. The topological polar surface area (TPSA) is 143 Å². The molecule has 1 fully saturated rings. The van der Waals surface area contributed by atoms with E-state index >= 15 is 0 Å². The number of likely N-dealkylation sites (N-methyl/N-ethyl adjacent to an activating group) is 1. The van der Waals surface area contributed by atoms with Crippen LogP contribution in [0.1, 0.15) is 17.9 Å². The molecule has 4 aromatic heterocycles. The summed E-state index contributed by atoms with van der Waals surface area (Å²) in [6.07, 6.45) is 3.41. The normalized spacial score (nSPS) is 18.3. The third-order valence-electron chi connectivity index (χ3n) is 5.35. The number of pyridine rings is 1. The van der Waals surface area contributed by atoms with Crippen LogP contribution in [0, 0.1) is 6.92 Å². The number of hydrogen-bond acceptors (Lipinski definition) is 10. The lowest BCUT2D eigenvalue weighted by atomic mass is 9.98. The van der Waals surface area contributed by atoms with E-state index in [-0.39, 0.29) is 12.2 Å². The largest absolute Gasteiger partial charge is 0.373 e. The summed E-state index contributed by atoms with van der Waals surface area (Å²) in [6, 6.07) is 8.67. The van der Waals surface area contributed by atoms with Gasteiger partial charge in [0.15, 0.2) is 11.5 Å². The number of aromatic nitrogens is 5. The molecule has 11 nitrogen and oxygen atoms in total. The Morgan fingerprint density at radius 1 is 1.12 bits per heavy atom. The van der Waals surface area contributed by atoms with Crippen LogP contribution >= 0.6 is 0 Å². The predicted molar refractivity (Wildman–Crippen MR) is 111 cm³/mol. The molecule has 1 aliphatic rings. The van der Waals surface area contributed by atoms with E-state index in [0.717, 1.165) is 0 Å². The molecule has 32 heavy (non-hydrogen) atoms. The van der Waals surface area contributed by atoms with Crippen molar-refractivity contribution >= 4 is 17.5 Å².